The quantitative estimate of drug-likeness (QED) is 0.681. The number of aromatic nitrogens is 2. The third-order valence-corrected chi connectivity index (χ3v) is 3.92. The third-order valence-electron chi connectivity index (χ3n) is 3.92. The van der Waals surface area contributed by atoms with Crippen LogP contribution in [0.25, 0.3) is 0 Å². The average molecular weight is 363 g/mol. The first kappa shape index (κ1) is 18.2. The second-order valence-corrected chi connectivity index (χ2v) is 5.84. The Labute approximate surface area is 156 Å². The van der Waals surface area contributed by atoms with E-state index >= 15 is 0 Å². The van der Waals surface area contributed by atoms with Crippen LogP contribution >= 0.6 is 0 Å². The molecule has 0 fully saturated rings. The summed E-state index contributed by atoms with van der Waals surface area (Å²) < 4.78 is 13.0. The molecule has 0 aliphatic carbocycles. The Hall–Kier alpha value is -3.61. The molecule has 136 valence electrons. The number of aliphatic imine (C=N–C) groups is 1. The summed E-state index contributed by atoms with van der Waals surface area (Å²) in [5, 5.41) is 2.81. The summed E-state index contributed by atoms with van der Waals surface area (Å²) in [6.45, 7) is 0. The van der Waals surface area contributed by atoms with Gasteiger partial charge < -0.3 is 11.1 Å². The SMILES string of the molecule is CN=Cc1c(N)ncnc1Cc1cccc(NC(=O)c2ccc(F)cc2)c1. The lowest BCUT2D eigenvalue weighted by Gasteiger charge is -2.09. The van der Waals surface area contributed by atoms with Crippen molar-refractivity contribution < 1.29 is 9.18 Å². The van der Waals surface area contributed by atoms with E-state index in [1.807, 2.05) is 18.2 Å². The molecule has 0 aliphatic heterocycles. The minimum Gasteiger partial charge on any atom is -0.383 e. The molecule has 3 aromatic rings. The topological polar surface area (TPSA) is 93.3 Å². The van der Waals surface area contributed by atoms with Crippen LogP contribution in [0.5, 0.6) is 0 Å². The molecule has 0 atom stereocenters. The Balaban J connectivity index is 1.79. The number of nitrogens with two attached hydrogens (primary N) is 1. The summed E-state index contributed by atoms with van der Waals surface area (Å²) >= 11 is 0. The maximum atomic E-state index is 13.0. The van der Waals surface area contributed by atoms with Gasteiger partial charge in [-0.3, -0.25) is 9.79 Å². The van der Waals surface area contributed by atoms with Crippen molar-refractivity contribution in [2.45, 2.75) is 6.42 Å². The van der Waals surface area contributed by atoms with Crippen molar-refractivity contribution in [2.24, 2.45) is 4.99 Å². The van der Waals surface area contributed by atoms with E-state index in [2.05, 4.69) is 20.3 Å². The first-order chi connectivity index (χ1) is 13.1. The van der Waals surface area contributed by atoms with Crippen molar-refractivity contribution >= 4 is 23.6 Å². The normalized spacial score (nSPS) is 10.9. The van der Waals surface area contributed by atoms with Crippen LogP contribution < -0.4 is 11.1 Å². The Morgan fingerprint density at radius 2 is 2.00 bits per heavy atom. The number of nitrogens with zero attached hydrogens (tertiary/aromatic N) is 3. The number of benzene rings is 2. The molecule has 6 nitrogen and oxygen atoms in total. The zero-order valence-electron chi connectivity index (χ0n) is 14.7. The van der Waals surface area contributed by atoms with Gasteiger partial charge in [0.05, 0.1) is 11.3 Å². The van der Waals surface area contributed by atoms with Gasteiger partial charge in [-0.2, -0.15) is 0 Å². The van der Waals surface area contributed by atoms with Gasteiger partial charge in [-0.25, -0.2) is 14.4 Å². The second kappa shape index (κ2) is 8.18. The van der Waals surface area contributed by atoms with E-state index < -0.39 is 0 Å². The highest BCUT2D eigenvalue weighted by Gasteiger charge is 2.10. The van der Waals surface area contributed by atoms with Crippen molar-refractivity contribution in [3.63, 3.8) is 0 Å². The molecule has 0 bridgehead atoms. The number of hydrogen-bond acceptors (Lipinski definition) is 5. The summed E-state index contributed by atoms with van der Waals surface area (Å²) in [6, 6.07) is 12.8. The van der Waals surface area contributed by atoms with Crippen LogP contribution in [0.4, 0.5) is 15.9 Å². The van der Waals surface area contributed by atoms with E-state index in [-0.39, 0.29) is 11.7 Å². The maximum absolute atomic E-state index is 13.0. The standard InChI is InChI=1S/C20H18FN5O/c1-23-11-17-18(24-12-25-19(17)22)10-13-3-2-4-16(9-13)26-20(27)14-5-7-15(21)8-6-14/h2-9,11-12H,10H2,1H3,(H,26,27)(H2,22,24,25). The molecule has 1 aromatic heterocycles. The van der Waals surface area contributed by atoms with Crippen molar-refractivity contribution in [2.75, 3.05) is 18.1 Å². The molecule has 2 aromatic carbocycles. The fraction of sp³-hybridized carbons (Fsp3) is 0.100. The van der Waals surface area contributed by atoms with Gasteiger partial charge in [-0.1, -0.05) is 12.1 Å². The summed E-state index contributed by atoms with van der Waals surface area (Å²) in [4.78, 5) is 24.6. The highest BCUT2D eigenvalue weighted by molar-refractivity contribution is 6.04. The van der Waals surface area contributed by atoms with E-state index in [1.165, 1.54) is 30.6 Å². The molecule has 0 radical (unpaired) electrons. The van der Waals surface area contributed by atoms with Gasteiger partial charge in [-0.05, 0) is 42.0 Å². The Bertz CT molecular complexity index is 986. The first-order valence-electron chi connectivity index (χ1n) is 8.24. The lowest BCUT2D eigenvalue weighted by molar-refractivity contribution is 0.102. The molecule has 1 amide bonds. The molecule has 7 heteroatoms. The monoisotopic (exact) mass is 363 g/mol. The smallest absolute Gasteiger partial charge is 0.255 e. The first-order valence-corrected chi connectivity index (χ1v) is 8.24. The van der Waals surface area contributed by atoms with Gasteiger partial charge in [0.2, 0.25) is 0 Å². The number of anilines is 2. The zero-order valence-corrected chi connectivity index (χ0v) is 14.7. The molecule has 0 unspecified atom stereocenters. The second-order valence-electron chi connectivity index (χ2n) is 5.84. The molecule has 0 aliphatic rings. The molecular weight excluding hydrogens is 345 g/mol. The molecular formula is C20H18FN5O. The molecule has 27 heavy (non-hydrogen) atoms. The number of amides is 1. The van der Waals surface area contributed by atoms with Crippen LogP contribution in [0.2, 0.25) is 0 Å². The summed E-state index contributed by atoms with van der Waals surface area (Å²) in [7, 11) is 1.65. The van der Waals surface area contributed by atoms with Gasteiger partial charge in [0.1, 0.15) is 18.0 Å². The van der Waals surface area contributed by atoms with Crippen molar-refractivity contribution in [1.82, 2.24) is 9.97 Å². The van der Waals surface area contributed by atoms with Crippen LogP contribution in [0.15, 0.2) is 59.9 Å². The van der Waals surface area contributed by atoms with E-state index in [0.29, 0.717) is 29.1 Å². The van der Waals surface area contributed by atoms with Crippen molar-refractivity contribution in [1.29, 1.82) is 0 Å². The number of carbonyl (C=O) groups is 1. The van der Waals surface area contributed by atoms with Gasteiger partial charge in [0, 0.05) is 30.9 Å². The number of nitrogens with one attached hydrogen (secondary N) is 1. The van der Waals surface area contributed by atoms with Crippen molar-refractivity contribution in [3.8, 4) is 0 Å². The lowest BCUT2D eigenvalue weighted by atomic mass is 10.1. The molecule has 0 spiro atoms. The fourth-order valence-electron chi connectivity index (χ4n) is 2.62. The molecule has 1 heterocycles. The number of hydrogen-bond donors (Lipinski definition) is 2. The van der Waals surface area contributed by atoms with Gasteiger partial charge in [0.15, 0.2) is 0 Å². The van der Waals surface area contributed by atoms with Crippen molar-refractivity contribution in [3.05, 3.63) is 83.1 Å². The van der Waals surface area contributed by atoms with E-state index in [9.17, 15) is 9.18 Å². The highest BCUT2D eigenvalue weighted by Crippen LogP contribution is 2.18. The molecule has 3 N–H and O–H groups in total. The number of rotatable bonds is 5. The summed E-state index contributed by atoms with van der Waals surface area (Å²) in [6.07, 6.45) is 3.55. The van der Waals surface area contributed by atoms with Gasteiger partial charge in [-0.15, -0.1) is 0 Å². The van der Waals surface area contributed by atoms with Crippen LogP contribution in [-0.2, 0) is 6.42 Å². The highest BCUT2D eigenvalue weighted by atomic mass is 19.1. The molecule has 0 saturated heterocycles. The van der Waals surface area contributed by atoms with Crippen LogP contribution in [0.1, 0.15) is 27.2 Å². The Kier molecular flexibility index (Phi) is 5.51. The minimum atomic E-state index is -0.385. The van der Waals surface area contributed by atoms with Crippen LogP contribution in [0, 0.1) is 5.82 Å². The number of halogens is 1. The minimum absolute atomic E-state index is 0.308. The summed E-state index contributed by atoms with van der Waals surface area (Å²) in [5.74, 6) is -0.326. The van der Waals surface area contributed by atoms with E-state index in [1.54, 1.807) is 19.3 Å². The van der Waals surface area contributed by atoms with Gasteiger partial charge in [0.25, 0.3) is 5.91 Å². The Morgan fingerprint density at radius 3 is 2.74 bits per heavy atom. The third kappa shape index (κ3) is 4.52. The average Bonchev–Trinajstić information content (AvgIpc) is 2.65. The zero-order chi connectivity index (χ0) is 19.2. The molecule has 3 rings (SSSR count). The van der Waals surface area contributed by atoms with Crippen LogP contribution in [0.3, 0.4) is 0 Å². The maximum Gasteiger partial charge on any atom is 0.255 e. The number of carbonyl (C=O) groups excluding carboxylic acids is 1. The largest absolute Gasteiger partial charge is 0.383 e. The summed E-state index contributed by atoms with van der Waals surface area (Å²) in [5.41, 5.74) is 9.29. The van der Waals surface area contributed by atoms with E-state index in [4.69, 9.17) is 5.73 Å². The fourth-order valence-corrected chi connectivity index (χ4v) is 2.62. The van der Waals surface area contributed by atoms with Crippen LogP contribution in [-0.4, -0.2) is 29.1 Å². The predicted octanol–water partition coefficient (Wildman–Crippen LogP) is 3.09. The number of nitrogen functional groups attached to an aromatic ring is 1. The Morgan fingerprint density at radius 1 is 1.22 bits per heavy atom. The predicted molar refractivity (Wildman–Crippen MR) is 104 cm³/mol. The molecule has 0 saturated carbocycles. The van der Waals surface area contributed by atoms with E-state index in [0.717, 1.165) is 11.3 Å². The van der Waals surface area contributed by atoms with Gasteiger partial charge >= 0.3 is 0 Å². The lowest BCUT2D eigenvalue weighted by Crippen LogP contribution is -2.12.